The molecule has 16 heavy (non-hydrogen) atoms. The smallest absolute Gasteiger partial charge is 0.416 e. The molecule has 0 atom stereocenters. The lowest BCUT2D eigenvalue weighted by Crippen LogP contribution is -2.11. The third kappa shape index (κ3) is 2.88. The van der Waals surface area contributed by atoms with E-state index in [2.05, 4.69) is 0 Å². The molecule has 1 aromatic carbocycles. The minimum absolute atomic E-state index is 0.0408. The van der Waals surface area contributed by atoms with Crippen molar-refractivity contribution in [3.05, 3.63) is 34.9 Å². The van der Waals surface area contributed by atoms with Gasteiger partial charge in [0.2, 0.25) is 0 Å². The second-order valence-corrected chi connectivity index (χ2v) is 3.09. The van der Waals surface area contributed by atoms with E-state index in [9.17, 15) is 26.3 Å². The van der Waals surface area contributed by atoms with Crippen LogP contribution in [0.25, 0.3) is 0 Å². The molecule has 0 saturated heterocycles. The Hall–Kier alpha value is -1.24. The minimum Gasteiger partial charge on any atom is -0.442 e. The summed E-state index contributed by atoms with van der Waals surface area (Å²) in [4.78, 5) is 0. The quantitative estimate of drug-likeness (QED) is 0.536. The molecule has 0 bridgehead atoms. The molecule has 7 heteroatoms. The second-order valence-electron chi connectivity index (χ2n) is 3.09. The van der Waals surface area contributed by atoms with E-state index in [1.807, 2.05) is 0 Å². The summed E-state index contributed by atoms with van der Waals surface area (Å²) in [6.07, 6.45) is -9.68. The first-order valence-corrected chi connectivity index (χ1v) is 4.07. The van der Waals surface area contributed by atoms with Crippen LogP contribution in [-0.4, -0.2) is 5.11 Å². The van der Waals surface area contributed by atoms with Gasteiger partial charge in [-0.3, -0.25) is 0 Å². The van der Waals surface area contributed by atoms with Crippen LogP contribution in [0, 0.1) is 0 Å². The molecule has 0 aliphatic rings. The summed E-state index contributed by atoms with van der Waals surface area (Å²) in [6, 6.07) is 1.13. The predicted molar refractivity (Wildman–Crippen MR) is 43.8 cm³/mol. The Bertz CT molecular complexity index is 346. The Morgan fingerprint density at radius 3 is 1.44 bits per heavy atom. The van der Waals surface area contributed by atoms with E-state index < -0.39 is 30.1 Å². The lowest BCUT2D eigenvalue weighted by atomic mass is 10.1. The van der Waals surface area contributed by atoms with Gasteiger partial charge in [-0.15, -0.1) is 0 Å². The van der Waals surface area contributed by atoms with Crippen LogP contribution in [0.15, 0.2) is 18.2 Å². The summed E-state index contributed by atoms with van der Waals surface area (Å²) in [6.45, 7) is -0.632. The standard InChI is InChI=1S/C9H6F6O/c10-8(11,12)6-1-5(4-16)2-7(3-6)9(13,14)15/h1-3,16H,4H2/p+1. The van der Waals surface area contributed by atoms with Gasteiger partial charge in [0.05, 0.1) is 11.1 Å². The van der Waals surface area contributed by atoms with Crippen LogP contribution in [0.3, 0.4) is 0 Å². The summed E-state index contributed by atoms with van der Waals surface area (Å²) in [5, 5.41) is 6.81. The zero-order valence-electron chi connectivity index (χ0n) is 7.71. The van der Waals surface area contributed by atoms with Crippen molar-refractivity contribution in [2.24, 2.45) is 0 Å². The fourth-order valence-electron chi connectivity index (χ4n) is 1.12. The van der Waals surface area contributed by atoms with Crippen LogP contribution in [0.2, 0.25) is 0 Å². The Labute approximate surface area is 86.3 Å². The van der Waals surface area contributed by atoms with Crippen molar-refractivity contribution in [1.82, 2.24) is 0 Å². The van der Waals surface area contributed by atoms with Gasteiger partial charge in [0.1, 0.15) is 0 Å². The lowest BCUT2D eigenvalue weighted by Gasteiger charge is -2.12. The van der Waals surface area contributed by atoms with Gasteiger partial charge in [0, 0.05) is 5.56 Å². The highest BCUT2D eigenvalue weighted by Gasteiger charge is 2.36. The summed E-state index contributed by atoms with van der Waals surface area (Å²) in [5.74, 6) is 0. The van der Waals surface area contributed by atoms with Gasteiger partial charge in [-0.1, -0.05) is 0 Å². The largest absolute Gasteiger partial charge is 0.442 e. The zero-order chi connectivity index (χ0) is 12.6. The van der Waals surface area contributed by atoms with Crippen molar-refractivity contribution in [2.45, 2.75) is 19.0 Å². The van der Waals surface area contributed by atoms with Crippen molar-refractivity contribution in [3.63, 3.8) is 0 Å². The van der Waals surface area contributed by atoms with Crippen LogP contribution in [0.4, 0.5) is 26.3 Å². The molecular formula is C9H7F6O+. The van der Waals surface area contributed by atoms with Gasteiger partial charge in [0.25, 0.3) is 0 Å². The van der Waals surface area contributed by atoms with Crippen LogP contribution in [0.5, 0.6) is 0 Å². The van der Waals surface area contributed by atoms with Crippen molar-refractivity contribution in [2.75, 3.05) is 0 Å². The number of halogens is 6. The van der Waals surface area contributed by atoms with Gasteiger partial charge in [-0.25, -0.2) is 0 Å². The maximum absolute atomic E-state index is 12.2. The first-order valence-electron chi connectivity index (χ1n) is 4.07. The van der Waals surface area contributed by atoms with Gasteiger partial charge in [0.15, 0.2) is 6.61 Å². The SMILES string of the molecule is [OH2+]Cc1cc(C(F)(F)F)cc(C(F)(F)F)c1. The molecule has 1 aromatic rings. The number of alkyl halides is 6. The number of hydrogen-bond donors (Lipinski definition) is 0. The average Bonchev–Trinajstić information content (AvgIpc) is 2.14. The normalized spacial score (nSPS) is 12.9. The van der Waals surface area contributed by atoms with Gasteiger partial charge in [-0.2, -0.15) is 26.3 Å². The Morgan fingerprint density at radius 1 is 0.812 bits per heavy atom. The third-order valence-corrected chi connectivity index (χ3v) is 1.85. The fourth-order valence-corrected chi connectivity index (χ4v) is 1.12. The lowest BCUT2D eigenvalue weighted by molar-refractivity contribution is -0.143. The molecule has 0 aliphatic carbocycles. The van der Waals surface area contributed by atoms with Crippen molar-refractivity contribution < 1.29 is 31.4 Å². The highest BCUT2D eigenvalue weighted by atomic mass is 19.4. The van der Waals surface area contributed by atoms with Gasteiger partial charge < -0.3 is 5.11 Å². The maximum Gasteiger partial charge on any atom is 0.416 e. The van der Waals surface area contributed by atoms with E-state index in [4.69, 9.17) is 5.11 Å². The second kappa shape index (κ2) is 3.97. The summed E-state index contributed by atoms with van der Waals surface area (Å²) in [7, 11) is 0. The highest BCUT2D eigenvalue weighted by molar-refractivity contribution is 5.33. The molecule has 0 spiro atoms. The van der Waals surface area contributed by atoms with E-state index in [1.165, 1.54) is 0 Å². The molecule has 0 fully saturated rings. The van der Waals surface area contributed by atoms with Crippen LogP contribution in [-0.2, 0) is 19.0 Å². The maximum atomic E-state index is 12.2. The monoisotopic (exact) mass is 245 g/mol. The Morgan fingerprint density at radius 2 is 1.19 bits per heavy atom. The van der Waals surface area contributed by atoms with E-state index in [-0.39, 0.29) is 11.6 Å². The van der Waals surface area contributed by atoms with E-state index in [0.29, 0.717) is 12.1 Å². The Kier molecular flexibility index (Phi) is 3.18. The molecule has 90 valence electrons. The predicted octanol–water partition coefficient (Wildman–Crippen LogP) is 2.95. The molecule has 0 saturated carbocycles. The summed E-state index contributed by atoms with van der Waals surface area (Å²) < 4.78 is 73.5. The average molecular weight is 245 g/mol. The van der Waals surface area contributed by atoms with Crippen molar-refractivity contribution in [1.29, 1.82) is 0 Å². The third-order valence-electron chi connectivity index (χ3n) is 1.85. The highest BCUT2D eigenvalue weighted by Crippen LogP contribution is 2.36. The van der Waals surface area contributed by atoms with Gasteiger partial charge in [-0.05, 0) is 18.2 Å². The number of rotatable bonds is 1. The molecule has 0 heterocycles. The van der Waals surface area contributed by atoms with E-state index in [1.54, 1.807) is 0 Å². The molecule has 1 rings (SSSR count). The first-order chi connectivity index (χ1) is 7.14. The first kappa shape index (κ1) is 12.8. The zero-order valence-corrected chi connectivity index (χ0v) is 7.71. The van der Waals surface area contributed by atoms with Crippen molar-refractivity contribution in [3.8, 4) is 0 Å². The van der Waals surface area contributed by atoms with Crippen LogP contribution < -0.4 is 0 Å². The van der Waals surface area contributed by atoms with Crippen molar-refractivity contribution >= 4 is 0 Å². The summed E-state index contributed by atoms with van der Waals surface area (Å²) in [5.41, 5.74) is -3.09. The van der Waals surface area contributed by atoms with Gasteiger partial charge >= 0.3 is 12.4 Å². The van der Waals surface area contributed by atoms with E-state index >= 15 is 0 Å². The van der Waals surface area contributed by atoms with E-state index in [0.717, 1.165) is 0 Å². The fraction of sp³-hybridized carbons (Fsp3) is 0.333. The number of benzene rings is 1. The molecule has 0 radical (unpaired) electrons. The topological polar surface area (TPSA) is 22.9 Å². The van der Waals surface area contributed by atoms with Crippen LogP contribution in [0.1, 0.15) is 16.7 Å². The molecule has 0 aliphatic heterocycles. The number of hydrogen-bond acceptors (Lipinski definition) is 0. The summed E-state index contributed by atoms with van der Waals surface area (Å²) >= 11 is 0. The minimum atomic E-state index is -4.84. The molecule has 0 unspecified atom stereocenters. The van der Waals surface area contributed by atoms with Crippen LogP contribution >= 0.6 is 0 Å². The molecule has 0 aromatic heterocycles. The molecule has 0 amide bonds. The Balaban J connectivity index is 3.33. The molecule has 1 nitrogen and oxygen atoms in total. The molecular weight excluding hydrogens is 238 g/mol. The molecule has 2 N–H and O–H groups in total.